The van der Waals surface area contributed by atoms with Crippen LogP contribution in [0.5, 0.6) is 0 Å². The average molecular weight is 629 g/mol. The zero-order valence-corrected chi connectivity index (χ0v) is 26.8. The molecule has 3 aromatic rings. The molecule has 0 aliphatic rings. The Labute approximate surface area is 257 Å². The van der Waals surface area contributed by atoms with Crippen LogP contribution in [0.2, 0.25) is 0 Å². The highest BCUT2D eigenvalue weighted by atomic mass is 32.2. The quantitative estimate of drug-likeness (QED) is 0.193. The number of rotatable bonds is 14. The molecule has 9 nitrogen and oxygen atoms in total. The number of nitrogens with one attached hydrogen (secondary N) is 1. The lowest BCUT2D eigenvalue weighted by Gasteiger charge is -2.31. The van der Waals surface area contributed by atoms with Gasteiger partial charge < -0.3 is 14.7 Å². The molecular formula is C32H40N2O7S2. The molecule has 3 rings (SSSR count). The SMILES string of the molecule is CCCCOC(=O)NS(=O)(=O)c1sc(CC(C)C)cc1-c1ccc(CN(C(=O)c2ccccc2)[C@H](C(=O)O)C(C)C)cc1. The summed E-state index contributed by atoms with van der Waals surface area (Å²) >= 11 is 1.11. The van der Waals surface area contributed by atoms with Crippen molar-refractivity contribution < 1.29 is 32.6 Å². The van der Waals surface area contributed by atoms with Crippen molar-refractivity contribution in [3.05, 3.63) is 76.7 Å². The second kappa shape index (κ2) is 15.2. The number of benzene rings is 2. The Kier molecular flexibility index (Phi) is 11.9. The maximum Gasteiger partial charge on any atom is 0.421 e. The maximum absolute atomic E-state index is 13.5. The largest absolute Gasteiger partial charge is 0.480 e. The molecule has 43 heavy (non-hydrogen) atoms. The van der Waals surface area contributed by atoms with Gasteiger partial charge in [0.1, 0.15) is 10.3 Å². The van der Waals surface area contributed by atoms with Crippen LogP contribution >= 0.6 is 11.3 Å². The van der Waals surface area contributed by atoms with Crippen molar-refractivity contribution in [3.63, 3.8) is 0 Å². The van der Waals surface area contributed by atoms with Crippen molar-refractivity contribution in [1.29, 1.82) is 0 Å². The van der Waals surface area contributed by atoms with Crippen molar-refractivity contribution in [1.82, 2.24) is 9.62 Å². The second-order valence-corrected chi connectivity index (χ2v) is 14.1. The van der Waals surface area contributed by atoms with Gasteiger partial charge in [0.15, 0.2) is 0 Å². The molecule has 0 radical (unpaired) electrons. The fourth-order valence-corrected chi connectivity index (χ4v) is 7.47. The van der Waals surface area contributed by atoms with Gasteiger partial charge in [0.25, 0.3) is 15.9 Å². The predicted octanol–water partition coefficient (Wildman–Crippen LogP) is 6.58. The summed E-state index contributed by atoms with van der Waals surface area (Å²) in [4.78, 5) is 40.1. The van der Waals surface area contributed by atoms with Crippen LogP contribution in [-0.4, -0.2) is 49.0 Å². The van der Waals surface area contributed by atoms with Crippen LogP contribution in [0.4, 0.5) is 4.79 Å². The van der Waals surface area contributed by atoms with E-state index in [1.54, 1.807) is 68.4 Å². The summed E-state index contributed by atoms with van der Waals surface area (Å²) in [5, 5.41) is 9.99. The van der Waals surface area contributed by atoms with E-state index in [1.165, 1.54) is 4.90 Å². The topological polar surface area (TPSA) is 130 Å². The number of amides is 2. The van der Waals surface area contributed by atoms with Crippen molar-refractivity contribution in [2.24, 2.45) is 11.8 Å². The number of carbonyl (C=O) groups is 3. The molecule has 232 valence electrons. The van der Waals surface area contributed by atoms with E-state index in [0.29, 0.717) is 35.1 Å². The number of nitrogens with zero attached hydrogens (tertiary/aromatic N) is 1. The number of carboxylic acids is 1. The van der Waals surface area contributed by atoms with Gasteiger partial charge in [-0.2, -0.15) is 0 Å². The third kappa shape index (κ3) is 9.14. The molecule has 0 saturated carbocycles. The molecular weight excluding hydrogens is 588 g/mol. The fraction of sp³-hybridized carbons (Fsp3) is 0.406. The Morgan fingerprint density at radius 3 is 2.21 bits per heavy atom. The number of aliphatic carboxylic acids is 1. The number of ether oxygens (including phenoxy) is 1. The minimum absolute atomic E-state index is 0.00923. The smallest absolute Gasteiger partial charge is 0.421 e. The molecule has 1 atom stereocenters. The van der Waals surface area contributed by atoms with Crippen LogP contribution in [0.1, 0.15) is 68.3 Å². The molecule has 0 bridgehead atoms. The van der Waals surface area contributed by atoms with Crippen LogP contribution in [0.25, 0.3) is 11.1 Å². The molecule has 0 fully saturated rings. The van der Waals surface area contributed by atoms with E-state index in [1.807, 2.05) is 31.6 Å². The molecule has 0 aliphatic heterocycles. The van der Waals surface area contributed by atoms with Crippen LogP contribution in [-0.2, 0) is 32.5 Å². The van der Waals surface area contributed by atoms with Crippen LogP contribution in [0.15, 0.2) is 64.9 Å². The molecule has 0 saturated heterocycles. The first-order valence-electron chi connectivity index (χ1n) is 14.3. The molecule has 0 spiro atoms. The number of sulfonamides is 1. The molecule has 1 heterocycles. The third-order valence-electron chi connectivity index (χ3n) is 6.67. The standard InChI is InChI=1S/C32H40N2O7S2/c1-6-7-17-41-32(38)33-43(39,40)31-27(19-26(42-31)18-21(2)3)24-15-13-23(14-16-24)20-34(28(22(4)5)30(36)37)29(35)25-11-9-8-10-12-25/h8-16,19,21-22,28H,6-7,17-18,20H2,1-5H3,(H,33,38)(H,36,37)/t28-/m0/s1. The van der Waals surface area contributed by atoms with E-state index in [-0.39, 0.29) is 29.2 Å². The van der Waals surface area contributed by atoms with Crippen molar-refractivity contribution in [2.45, 2.75) is 70.7 Å². The summed E-state index contributed by atoms with van der Waals surface area (Å²) in [7, 11) is -4.22. The lowest BCUT2D eigenvalue weighted by atomic mass is 9.99. The number of unbranched alkanes of at least 4 members (excludes halogenated alkanes) is 1. The summed E-state index contributed by atoms with van der Waals surface area (Å²) in [6.07, 6.45) is 1.07. The number of thiophene rings is 1. The fourth-order valence-electron chi connectivity index (χ4n) is 4.63. The van der Waals surface area contributed by atoms with Gasteiger partial charge in [-0.1, -0.05) is 83.5 Å². The molecule has 2 amide bonds. The normalized spacial score (nSPS) is 12.3. The van der Waals surface area contributed by atoms with Gasteiger partial charge >= 0.3 is 12.1 Å². The minimum Gasteiger partial charge on any atom is -0.480 e. The molecule has 2 N–H and O–H groups in total. The number of hydrogen-bond acceptors (Lipinski definition) is 7. The molecule has 0 aliphatic carbocycles. The Balaban J connectivity index is 1.95. The summed E-state index contributed by atoms with van der Waals surface area (Å²) < 4.78 is 33.6. The highest BCUT2D eigenvalue weighted by Crippen LogP contribution is 2.36. The summed E-state index contributed by atoms with van der Waals surface area (Å²) in [5.41, 5.74) is 2.12. The van der Waals surface area contributed by atoms with Gasteiger partial charge in [-0.3, -0.25) is 4.79 Å². The minimum atomic E-state index is -4.22. The average Bonchev–Trinajstić information content (AvgIpc) is 3.37. The van der Waals surface area contributed by atoms with E-state index in [9.17, 15) is 27.9 Å². The first-order chi connectivity index (χ1) is 20.3. The maximum atomic E-state index is 13.5. The summed E-state index contributed by atoms with van der Waals surface area (Å²) in [6.45, 7) is 9.69. The summed E-state index contributed by atoms with van der Waals surface area (Å²) in [6, 6.07) is 16.3. The van der Waals surface area contributed by atoms with Crippen molar-refractivity contribution in [3.8, 4) is 11.1 Å². The Morgan fingerprint density at radius 1 is 1.00 bits per heavy atom. The monoisotopic (exact) mass is 628 g/mol. The summed E-state index contributed by atoms with van der Waals surface area (Å²) in [5.74, 6) is -1.55. The zero-order valence-electron chi connectivity index (χ0n) is 25.2. The van der Waals surface area contributed by atoms with Crippen LogP contribution < -0.4 is 4.72 Å². The zero-order chi connectivity index (χ0) is 31.7. The molecule has 0 unspecified atom stereocenters. The second-order valence-electron chi connectivity index (χ2n) is 11.1. The molecule has 2 aromatic carbocycles. The Hall–Kier alpha value is -3.70. The first-order valence-corrected chi connectivity index (χ1v) is 16.6. The van der Waals surface area contributed by atoms with Gasteiger partial charge in [0.05, 0.1) is 6.61 Å². The lowest BCUT2D eigenvalue weighted by molar-refractivity contribution is -0.144. The van der Waals surface area contributed by atoms with Gasteiger partial charge in [-0.05, 0) is 54.0 Å². The third-order valence-corrected chi connectivity index (χ3v) is 9.67. The van der Waals surface area contributed by atoms with Crippen molar-refractivity contribution >= 4 is 39.3 Å². The van der Waals surface area contributed by atoms with Gasteiger partial charge in [0, 0.05) is 22.5 Å². The first kappa shape index (κ1) is 33.8. The van der Waals surface area contributed by atoms with E-state index in [0.717, 1.165) is 22.6 Å². The van der Waals surface area contributed by atoms with Gasteiger partial charge in [-0.15, -0.1) is 11.3 Å². The Morgan fingerprint density at radius 2 is 1.65 bits per heavy atom. The number of carboxylic acid groups (broad SMARTS) is 1. The Bertz CT molecular complexity index is 1500. The van der Waals surface area contributed by atoms with Crippen LogP contribution in [0, 0.1) is 11.8 Å². The highest BCUT2D eigenvalue weighted by Gasteiger charge is 2.33. The van der Waals surface area contributed by atoms with Gasteiger partial charge in [-0.25, -0.2) is 22.7 Å². The van der Waals surface area contributed by atoms with E-state index >= 15 is 0 Å². The highest BCUT2D eigenvalue weighted by molar-refractivity contribution is 7.92. The van der Waals surface area contributed by atoms with Crippen LogP contribution in [0.3, 0.4) is 0 Å². The molecule has 1 aromatic heterocycles. The van der Waals surface area contributed by atoms with E-state index in [4.69, 9.17) is 4.74 Å². The number of carbonyl (C=O) groups excluding carboxylic acids is 2. The lowest BCUT2D eigenvalue weighted by Crippen LogP contribution is -2.47. The van der Waals surface area contributed by atoms with Gasteiger partial charge in [0.2, 0.25) is 0 Å². The van der Waals surface area contributed by atoms with E-state index in [2.05, 4.69) is 0 Å². The molecule has 11 heteroatoms. The van der Waals surface area contributed by atoms with Crippen molar-refractivity contribution in [2.75, 3.05) is 6.61 Å². The predicted molar refractivity (Wildman–Crippen MR) is 167 cm³/mol. The van der Waals surface area contributed by atoms with E-state index < -0.39 is 34.0 Å². The number of hydrogen-bond donors (Lipinski definition) is 2.